The summed E-state index contributed by atoms with van der Waals surface area (Å²) in [7, 11) is 1.65. The second kappa shape index (κ2) is 9.08. The molecule has 0 aliphatic heterocycles. The highest BCUT2D eigenvalue weighted by Gasteiger charge is 2.16. The number of methoxy groups -OCH3 is 1. The molecule has 0 fully saturated rings. The number of hydrogen-bond donors (Lipinski definition) is 1. The van der Waals surface area contributed by atoms with Gasteiger partial charge in [0.15, 0.2) is 5.82 Å². The molecule has 0 atom stereocenters. The summed E-state index contributed by atoms with van der Waals surface area (Å²) in [6.07, 6.45) is 5.55. The van der Waals surface area contributed by atoms with Crippen molar-refractivity contribution in [2.45, 2.75) is 59.4 Å². The minimum absolute atomic E-state index is 0.136. The summed E-state index contributed by atoms with van der Waals surface area (Å²) in [6, 6.07) is 4.03. The molecule has 5 nitrogen and oxygen atoms in total. The van der Waals surface area contributed by atoms with Crippen LogP contribution in [0, 0.1) is 13.8 Å². The highest BCUT2D eigenvalue weighted by Crippen LogP contribution is 2.28. The molecular weight excluding hydrogens is 350 g/mol. The van der Waals surface area contributed by atoms with Gasteiger partial charge in [-0.2, -0.15) is 0 Å². The van der Waals surface area contributed by atoms with Crippen molar-refractivity contribution in [3.05, 3.63) is 45.0 Å². The Balaban J connectivity index is 2.45. The Labute approximate surface area is 160 Å². The molecule has 0 aliphatic carbocycles. The van der Waals surface area contributed by atoms with Gasteiger partial charge in [-0.25, -0.2) is 4.98 Å². The number of ether oxygens (including phenoxy) is 1. The molecule has 1 heterocycles. The maximum absolute atomic E-state index is 13.0. The summed E-state index contributed by atoms with van der Waals surface area (Å²) in [5.41, 5.74) is 2.63. The highest BCUT2D eigenvalue weighted by molar-refractivity contribution is 6.29. The minimum atomic E-state index is -0.144. The second-order valence-corrected chi connectivity index (χ2v) is 7.00. The summed E-state index contributed by atoms with van der Waals surface area (Å²) in [6.45, 7) is 8.17. The standard InChI is InChI=1S/C20H28ClN3O2/c1-6-8-15(9-7-2)24-12-18(21)23-19(20(24)25)22-16-10-14(4)17(26-5)11-13(16)3/h10-12,15H,6-9H2,1-5H3,(H,22,23). The van der Waals surface area contributed by atoms with Gasteiger partial charge < -0.3 is 14.6 Å². The fraction of sp³-hybridized carbons (Fsp3) is 0.500. The van der Waals surface area contributed by atoms with Crippen molar-refractivity contribution in [1.82, 2.24) is 9.55 Å². The van der Waals surface area contributed by atoms with Gasteiger partial charge in [-0.1, -0.05) is 38.3 Å². The lowest BCUT2D eigenvalue weighted by Gasteiger charge is -2.20. The Kier molecular flexibility index (Phi) is 7.09. The summed E-state index contributed by atoms with van der Waals surface area (Å²) in [5, 5.41) is 3.48. The molecule has 0 bridgehead atoms. The first-order chi connectivity index (χ1) is 12.4. The summed E-state index contributed by atoms with van der Waals surface area (Å²) >= 11 is 6.22. The minimum Gasteiger partial charge on any atom is -0.496 e. The number of halogens is 1. The van der Waals surface area contributed by atoms with Crippen molar-refractivity contribution < 1.29 is 4.74 Å². The number of hydrogen-bond acceptors (Lipinski definition) is 4. The summed E-state index contributed by atoms with van der Waals surface area (Å²) in [5.74, 6) is 1.07. The SMILES string of the molecule is CCCC(CCC)n1cc(Cl)nc(Nc2cc(C)c(OC)cc2C)c1=O. The van der Waals surface area contributed by atoms with Crippen molar-refractivity contribution in [3.63, 3.8) is 0 Å². The highest BCUT2D eigenvalue weighted by atomic mass is 35.5. The summed E-state index contributed by atoms with van der Waals surface area (Å²) < 4.78 is 7.08. The number of benzene rings is 1. The van der Waals surface area contributed by atoms with Gasteiger partial charge in [-0.15, -0.1) is 0 Å². The lowest BCUT2D eigenvalue weighted by atomic mass is 10.1. The Morgan fingerprint density at radius 2 is 1.85 bits per heavy atom. The quantitative estimate of drug-likeness (QED) is 0.668. The molecule has 2 rings (SSSR count). The fourth-order valence-corrected chi connectivity index (χ4v) is 3.38. The van der Waals surface area contributed by atoms with Gasteiger partial charge in [0, 0.05) is 17.9 Å². The fourth-order valence-electron chi connectivity index (χ4n) is 3.19. The predicted molar refractivity (Wildman–Crippen MR) is 108 cm³/mol. The molecule has 142 valence electrons. The third-order valence-electron chi connectivity index (χ3n) is 4.53. The van der Waals surface area contributed by atoms with Crippen LogP contribution < -0.4 is 15.6 Å². The van der Waals surface area contributed by atoms with E-state index in [0.29, 0.717) is 5.15 Å². The molecule has 1 aromatic heterocycles. The number of aryl methyl sites for hydroxylation is 2. The molecule has 2 aromatic rings. The molecule has 0 radical (unpaired) electrons. The summed E-state index contributed by atoms with van der Waals surface area (Å²) in [4.78, 5) is 17.2. The smallest absolute Gasteiger partial charge is 0.294 e. The first-order valence-corrected chi connectivity index (χ1v) is 9.49. The first-order valence-electron chi connectivity index (χ1n) is 9.12. The molecule has 0 saturated heterocycles. The van der Waals surface area contributed by atoms with Gasteiger partial charge in [-0.05, 0) is 49.9 Å². The van der Waals surface area contributed by atoms with E-state index in [1.165, 1.54) is 0 Å². The van der Waals surface area contributed by atoms with Crippen molar-refractivity contribution in [1.29, 1.82) is 0 Å². The number of nitrogens with one attached hydrogen (secondary N) is 1. The van der Waals surface area contributed by atoms with Crippen LogP contribution >= 0.6 is 11.6 Å². The van der Waals surface area contributed by atoms with Crippen LogP contribution in [0.1, 0.15) is 56.7 Å². The predicted octanol–water partition coefficient (Wildman–Crippen LogP) is 5.41. The average molecular weight is 378 g/mol. The van der Waals surface area contributed by atoms with Gasteiger partial charge in [-0.3, -0.25) is 4.79 Å². The maximum Gasteiger partial charge on any atom is 0.294 e. The Hall–Kier alpha value is -2.01. The molecule has 26 heavy (non-hydrogen) atoms. The van der Waals surface area contributed by atoms with E-state index in [9.17, 15) is 4.79 Å². The van der Waals surface area contributed by atoms with Crippen molar-refractivity contribution in [3.8, 4) is 5.75 Å². The number of nitrogens with zero attached hydrogens (tertiary/aromatic N) is 2. The van der Waals surface area contributed by atoms with Gasteiger partial charge in [0.05, 0.1) is 7.11 Å². The average Bonchev–Trinajstić information content (AvgIpc) is 2.60. The largest absolute Gasteiger partial charge is 0.496 e. The third-order valence-corrected chi connectivity index (χ3v) is 4.72. The third kappa shape index (κ3) is 4.58. The van der Waals surface area contributed by atoms with E-state index in [1.54, 1.807) is 17.9 Å². The van der Waals surface area contributed by atoms with Gasteiger partial charge in [0.1, 0.15) is 10.9 Å². The van der Waals surface area contributed by atoms with Crippen molar-refractivity contribution in [2.24, 2.45) is 0 Å². The zero-order valence-corrected chi connectivity index (χ0v) is 17.0. The molecule has 0 saturated carbocycles. The van der Waals surface area contributed by atoms with E-state index in [1.807, 2.05) is 26.0 Å². The van der Waals surface area contributed by atoms with Crippen LogP contribution in [0.15, 0.2) is 23.1 Å². The van der Waals surface area contributed by atoms with Crippen molar-refractivity contribution in [2.75, 3.05) is 12.4 Å². The maximum atomic E-state index is 13.0. The Bertz CT molecular complexity index is 811. The lowest BCUT2D eigenvalue weighted by Crippen LogP contribution is -2.27. The lowest BCUT2D eigenvalue weighted by molar-refractivity contribution is 0.411. The van der Waals surface area contributed by atoms with Crippen LogP contribution in [0.5, 0.6) is 5.75 Å². The monoisotopic (exact) mass is 377 g/mol. The molecular formula is C20H28ClN3O2. The molecule has 0 spiro atoms. The van der Waals surface area contributed by atoms with E-state index in [2.05, 4.69) is 24.1 Å². The zero-order valence-electron chi connectivity index (χ0n) is 16.2. The van der Waals surface area contributed by atoms with Gasteiger partial charge in [0.25, 0.3) is 5.56 Å². The number of anilines is 2. The number of aromatic nitrogens is 2. The zero-order chi connectivity index (χ0) is 19.3. The Morgan fingerprint density at radius 1 is 1.19 bits per heavy atom. The van der Waals surface area contributed by atoms with Crippen LogP contribution in [0.4, 0.5) is 11.5 Å². The molecule has 1 aromatic carbocycles. The van der Waals surface area contributed by atoms with Crippen LogP contribution in [0.25, 0.3) is 0 Å². The second-order valence-electron chi connectivity index (χ2n) is 6.62. The van der Waals surface area contributed by atoms with Crippen LogP contribution in [-0.2, 0) is 0 Å². The Morgan fingerprint density at radius 3 is 2.42 bits per heavy atom. The van der Waals surface area contributed by atoms with E-state index in [0.717, 1.165) is 48.2 Å². The van der Waals surface area contributed by atoms with Crippen LogP contribution in [-0.4, -0.2) is 16.7 Å². The van der Waals surface area contributed by atoms with Crippen molar-refractivity contribution >= 4 is 23.1 Å². The normalized spacial score (nSPS) is 11.0. The molecule has 6 heteroatoms. The first kappa shape index (κ1) is 20.3. The molecule has 0 aliphatic rings. The van der Waals surface area contributed by atoms with Gasteiger partial charge in [0.2, 0.25) is 0 Å². The van der Waals surface area contributed by atoms with E-state index in [4.69, 9.17) is 16.3 Å². The topological polar surface area (TPSA) is 56.1 Å². The molecule has 0 unspecified atom stereocenters. The van der Waals surface area contributed by atoms with E-state index >= 15 is 0 Å². The molecule has 0 amide bonds. The molecule has 1 N–H and O–H groups in total. The van der Waals surface area contributed by atoms with Gasteiger partial charge >= 0.3 is 0 Å². The van der Waals surface area contributed by atoms with Crippen LogP contribution in [0.2, 0.25) is 5.15 Å². The van der Waals surface area contributed by atoms with E-state index < -0.39 is 0 Å². The van der Waals surface area contributed by atoms with E-state index in [-0.39, 0.29) is 17.4 Å². The number of rotatable bonds is 8. The van der Waals surface area contributed by atoms with Crippen LogP contribution in [0.3, 0.4) is 0 Å².